The van der Waals surface area contributed by atoms with E-state index in [0.717, 1.165) is 43.5 Å². The lowest BCUT2D eigenvalue weighted by Crippen LogP contribution is -2.36. The zero-order valence-electron chi connectivity index (χ0n) is 12.1. The highest BCUT2D eigenvalue weighted by Crippen LogP contribution is 2.20. The van der Waals surface area contributed by atoms with Gasteiger partial charge in [0.15, 0.2) is 0 Å². The lowest BCUT2D eigenvalue weighted by atomic mass is 9.98. The summed E-state index contributed by atoms with van der Waals surface area (Å²) in [4.78, 5) is 10.9. The van der Waals surface area contributed by atoms with Crippen LogP contribution in [0.25, 0.3) is 0 Å². The number of aryl methyl sites for hydroxylation is 2. The van der Waals surface area contributed by atoms with Crippen LogP contribution in [0, 0.1) is 19.8 Å². The quantitative estimate of drug-likeness (QED) is 0.851. The number of likely N-dealkylation sites (tertiary alicyclic amines) is 1. The SMILES string of the molecule is Cc1nc(CN2CCC[C@H](Cn3cncn3)C2)oc1C. The molecular weight excluding hydrogens is 254 g/mol. The highest BCUT2D eigenvalue weighted by molar-refractivity contribution is 5.05. The molecule has 20 heavy (non-hydrogen) atoms. The van der Waals surface area contributed by atoms with Crippen LogP contribution in [0.2, 0.25) is 0 Å². The van der Waals surface area contributed by atoms with Crippen molar-refractivity contribution in [3.8, 4) is 0 Å². The summed E-state index contributed by atoms with van der Waals surface area (Å²) < 4.78 is 7.60. The monoisotopic (exact) mass is 275 g/mol. The van der Waals surface area contributed by atoms with Gasteiger partial charge in [-0.05, 0) is 39.2 Å². The van der Waals surface area contributed by atoms with E-state index in [1.54, 1.807) is 12.7 Å². The molecule has 1 aliphatic heterocycles. The molecular formula is C14H21N5O. The van der Waals surface area contributed by atoms with E-state index in [0.29, 0.717) is 5.92 Å². The van der Waals surface area contributed by atoms with Gasteiger partial charge >= 0.3 is 0 Å². The molecule has 3 rings (SSSR count). The molecule has 1 fully saturated rings. The van der Waals surface area contributed by atoms with Crippen LogP contribution in [0.5, 0.6) is 0 Å². The predicted octanol–water partition coefficient (Wildman–Crippen LogP) is 1.80. The van der Waals surface area contributed by atoms with Gasteiger partial charge in [0.2, 0.25) is 5.89 Å². The number of rotatable bonds is 4. The molecule has 6 heteroatoms. The van der Waals surface area contributed by atoms with E-state index in [1.807, 2.05) is 18.5 Å². The van der Waals surface area contributed by atoms with Crippen molar-refractivity contribution in [2.45, 2.75) is 39.8 Å². The predicted molar refractivity (Wildman–Crippen MR) is 74.0 cm³/mol. The van der Waals surface area contributed by atoms with Gasteiger partial charge in [0.05, 0.1) is 12.2 Å². The summed E-state index contributed by atoms with van der Waals surface area (Å²) in [6.45, 7) is 7.90. The number of piperidine rings is 1. The summed E-state index contributed by atoms with van der Waals surface area (Å²) in [6, 6.07) is 0. The Kier molecular flexibility index (Phi) is 3.82. The maximum Gasteiger partial charge on any atom is 0.208 e. The van der Waals surface area contributed by atoms with Gasteiger partial charge in [-0.2, -0.15) is 5.10 Å². The van der Waals surface area contributed by atoms with Gasteiger partial charge in [-0.15, -0.1) is 0 Å². The third kappa shape index (κ3) is 3.07. The van der Waals surface area contributed by atoms with E-state index in [2.05, 4.69) is 20.0 Å². The minimum Gasteiger partial charge on any atom is -0.444 e. The average molecular weight is 275 g/mol. The second-order valence-electron chi connectivity index (χ2n) is 5.61. The summed E-state index contributed by atoms with van der Waals surface area (Å²) in [6.07, 6.45) is 5.86. The molecule has 108 valence electrons. The van der Waals surface area contributed by atoms with Crippen molar-refractivity contribution in [2.75, 3.05) is 13.1 Å². The van der Waals surface area contributed by atoms with Gasteiger partial charge in [-0.25, -0.2) is 9.97 Å². The number of aromatic nitrogens is 4. The third-order valence-corrected chi connectivity index (χ3v) is 3.95. The lowest BCUT2D eigenvalue weighted by molar-refractivity contribution is 0.141. The molecule has 6 nitrogen and oxygen atoms in total. The fraction of sp³-hybridized carbons (Fsp3) is 0.643. The van der Waals surface area contributed by atoms with E-state index in [9.17, 15) is 0 Å². The van der Waals surface area contributed by atoms with Crippen LogP contribution >= 0.6 is 0 Å². The molecule has 0 radical (unpaired) electrons. The Hall–Kier alpha value is -1.69. The van der Waals surface area contributed by atoms with E-state index >= 15 is 0 Å². The van der Waals surface area contributed by atoms with Crippen LogP contribution in [0.15, 0.2) is 17.1 Å². The smallest absolute Gasteiger partial charge is 0.208 e. The van der Waals surface area contributed by atoms with Gasteiger partial charge in [0, 0.05) is 13.1 Å². The highest BCUT2D eigenvalue weighted by Gasteiger charge is 2.22. The highest BCUT2D eigenvalue weighted by atomic mass is 16.4. The maximum absolute atomic E-state index is 5.68. The van der Waals surface area contributed by atoms with Crippen molar-refractivity contribution in [1.29, 1.82) is 0 Å². The van der Waals surface area contributed by atoms with Crippen LogP contribution in [-0.4, -0.2) is 37.7 Å². The molecule has 0 N–H and O–H groups in total. The summed E-state index contributed by atoms with van der Waals surface area (Å²) in [5.41, 5.74) is 0.996. The Morgan fingerprint density at radius 3 is 3.00 bits per heavy atom. The topological polar surface area (TPSA) is 60.0 Å². The third-order valence-electron chi connectivity index (χ3n) is 3.95. The van der Waals surface area contributed by atoms with Crippen LogP contribution in [0.1, 0.15) is 30.2 Å². The molecule has 3 heterocycles. The van der Waals surface area contributed by atoms with Crippen molar-refractivity contribution in [3.05, 3.63) is 30.0 Å². The van der Waals surface area contributed by atoms with Crippen molar-refractivity contribution >= 4 is 0 Å². The largest absolute Gasteiger partial charge is 0.444 e. The van der Waals surface area contributed by atoms with Gasteiger partial charge in [0.25, 0.3) is 0 Å². The first-order valence-corrected chi connectivity index (χ1v) is 7.18. The first-order valence-electron chi connectivity index (χ1n) is 7.18. The molecule has 0 aromatic carbocycles. The summed E-state index contributed by atoms with van der Waals surface area (Å²) in [5, 5.41) is 4.19. The maximum atomic E-state index is 5.68. The standard InChI is InChI=1S/C14H21N5O/c1-11-12(2)20-14(17-11)8-18-5-3-4-13(6-18)7-19-10-15-9-16-19/h9-10,13H,3-8H2,1-2H3/t13-/m0/s1. The average Bonchev–Trinajstić information content (AvgIpc) is 3.01. The number of hydrogen-bond acceptors (Lipinski definition) is 5. The second-order valence-corrected chi connectivity index (χ2v) is 5.61. The number of nitrogens with zero attached hydrogens (tertiary/aromatic N) is 5. The summed E-state index contributed by atoms with van der Waals surface area (Å²) in [5.74, 6) is 2.39. The molecule has 0 amide bonds. The molecule has 0 bridgehead atoms. The second kappa shape index (κ2) is 5.75. The molecule has 0 aliphatic carbocycles. The van der Waals surface area contributed by atoms with Gasteiger partial charge < -0.3 is 4.42 Å². The van der Waals surface area contributed by atoms with Crippen molar-refractivity contribution in [2.24, 2.45) is 5.92 Å². The molecule has 0 spiro atoms. The van der Waals surface area contributed by atoms with Crippen LogP contribution in [-0.2, 0) is 13.1 Å². The Bertz CT molecular complexity index is 528. The lowest BCUT2D eigenvalue weighted by Gasteiger charge is -2.31. The van der Waals surface area contributed by atoms with Gasteiger partial charge in [0.1, 0.15) is 18.4 Å². The molecule has 1 saturated heterocycles. The molecule has 0 unspecified atom stereocenters. The Labute approximate surface area is 118 Å². The minimum absolute atomic E-state index is 0.627. The first kappa shape index (κ1) is 13.3. The Morgan fingerprint density at radius 1 is 1.40 bits per heavy atom. The van der Waals surface area contributed by atoms with Crippen LogP contribution < -0.4 is 0 Å². The molecule has 2 aromatic heterocycles. The number of hydrogen-bond donors (Lipinski definition) is 0. The van der Waals surface area contributed by atoms with Crippen molar-refractivity contribution in [1.82, 2.24) is 24.6 Å². The molecule has 1 atom stereocenters. The molecule has 0 saturated carbocycles. The van der Waals surface area contributed by atoms with E-state index in [1.165, 1.54) is 12.8 Å². The zero-order chi connectivity index (χ0) is 13.9. The van der Waals surface area contributed by atoms with E-state index < -0.39 is 0 Å². The minimum atomic E-state index is 0.627. The summed E-state index contributed by atoms with van der Waals surface area (Å²) >= 11 is 0. The Balaban J connectivity index is 1.57. The normalized spacial score (nSPS) is 20.4. The van der Waals surface area contributed by atoms with E-state index in [-0.39, 0.29) is 0 Å². The molecule has 2 aromatic rings. The van der Waals surface area contributed by atoms with Gasteiger partial charge in [-0.1, -0.05) is 0 Å². The van der Waals surface area contributed by atoms with Gasteiger partial charge in [-0.3, -0.25) is 9.58 Å². The Morgan fingerprint density at radius 2 is 2.30 bits per heavy atom. The van der Waals surface area contributed by atoms with Crippen molar-refractivity contribution in [3.63, 3.8) is 0 Å². The molecule has 1 aliphatic rings. The van der Waals surface area contributed by atoms with Crippen LogP contribution in [0.4, 0.5) is 0 Å². The zero-order valence-corrected chi connectivity index (χ0v) is 12.1. The van der Waals surface area contributed by atoms with E-state index in [4.69, 9.17) is 4.42 Å². The fourth-order valence-corrected chi connectivity index (χ4v) is 2.83. The number of oxazole rings is 1. The van der Waals surface area contributed by atoms with Crippen molar-refractivity contribution < 1.29 is 4.42 Å². The fourth-order valence-electron chi connectivity index (χ4n) is 2.83. The van der Waals surface area contributed by atoms with Crippen LogP contribution in [0.3, 0.4) is 0 Å². The summed E-state index contributed by atoms with van der Waals surface area (Å²) in [7, 11) is 0. The first-order chi connectivity index (χ1) is 9.70.